The van der Waals surface area contributed by atoms with Gasteiger partial charge in [-0.05, 0) is 75.9 Å². The Morgan fingerprint density at radius 3 is 2.49 bits per heavy atom. The Bertz CT molecular complexity index is 1680. The van der Waals surface area contributed by atoms with Gasteiger partial charge in [-0.3, -0.25) is 4.79 Å². The molecule has 1 aromatic heterocycles. The molecule has 3 aromatic rings. The summed E-state index contributed by atoms with van der Waals surface area (Å²) in [6.07, 6.45) is 3.29. The van der Waals surface area contributed by atoms with Crippen molar-refractivity contribution in [1.82, 2.24) is 19.4 Å². The topological polar surface area (TPSA) is 97.2 Å². The number of aryl methyl sites for hydroxylation is 1. The molecular weight excluding hydrogens is 594 g/mol. The van der Waals surface area contributed by atoms with Gasteiger partial charge in [0, 0.05) is 72.2 Å². The SMILES string of the molecule is CCOC(=O)C(c1ncn2c1CCC2)N1Cc2c(Cl)cc(-c3ccc(N4CC5(CN(C(=O)OC(C)(C)C)C5)C4)cc3)cc2C1=O. The standard InChI is InChI=1S/C34H38ClN5O5/c1-5-44-31(42)29(28-27-7-6-12-37(27)20-36-28)40-15-25-24(30(40)41)13-22(14-26(25)35)21-8-10-23(11-9-21)38-16-34(17-38)18-39(19-34)32(43)45-33(2,3)4/h8-11,13-14,20,29H,5-7,12,15-19H2,1-4H3. The molecule has 2 aromatic carbocycles. The highest BCUT2D eigenvalue weighted by atomic mass is 35.5. The van der Waals surface area contributed by atoms with Gasteiger partial charge in [0.1, 0.15) is 5.60 Å². The number of esters is 1. The molecule has 4 aliphatic rings. The van der Waals surface area contributed by atoms with Gasteiger partial charge in [0.05, 0.1) is 18.6 Å². The summed E-state index contributed by atoms with van der Waals surface area (Å²) in [4.78, 5) is 49.7. The minimum Gasteiger partial charge on any atom is -0.464 e. The Labute approximate surface area is 267 Å². The summed E-state index contributed by atoms with van der Waals surface area (Å²) in [5, 5.41) is 0.490. The first-order chi connectivity index (χ1) is 21.4. The Morgan fingerprint density at radius 2 is 1.80 bits per heavy atom. The lowest BCUT2D eigenvalue weighted by Crippen LogP contribution is -2.73. The van der Waals surface area contributed by atoms with Gasteiger partial charge in [-0.2, -0.15) is 0 Å². The minimum absolute atomic E-state index is 0.132. The molecule has 0 radical (unpaired) electrons. The first kappa shape index (κ1) is 29.6. The number of fused-ring (bicyclic) bond motifs is 2. The van der Waals surface area contributed by atoms with Crippen LogP contribution in [0.25, 0.3) is 11.1 Å². The van der Waals surface area contributed by atoms with Crippen LogP contribution in [0.15, 0.2) is 42.7 Å². The lowest BCUT2D eigenvalue weighted by Gasteiger charge is -2.60. The maximum atomic E-state index is 13.9. The van der Waals surface area contributed by atoms with Crippen molar-refractivity contribution in [2.45, 2.75) is 65.3 Å². The van der Waals surface area contributed by atoms with E-state index >= 15 is 0 Å². The molecule has 4 aliphatic heterocycles. The monoisotopic (exact) mass is 631 g/mol. The van der Waals surface area contributed by atoms with E-state index in [1.807, 2.05) is 45.0 Å². The fraction of sp³-hybridized carbons (Fsp3) is 0.471. The number of benzene rings is 2. The molecule has 1 atom stereocenters. The van der Waals surface area contributed by atoms with Gasteiger partial charge >= 0.3 is 12.1 Å². The van der Waals surface area contributed by atoms with E-state index < -0.39 is 17.6 Å². The van der Waals surface area contributed by atoms with Crippen molar-refractivity contribution in [3.63, 3.8) is 0 Å². The van der Waals surface area contributed by atoms with E-state index in [4.69, 9.17) is 21.1 Å². The summed E-state index contributed by atoms with van der Waals surface area (Å²) < 4.78 is 13.0. The van der Waals surface area contributed by atoms with Crippen molar-refractivity contribution in [3.05, 3.63) is 70.3 Å². The van der Waals surface area contributed by atoms with Crippen LogP contribution in [0.5, 0.6) is 0 Å². The summed E-state index contributed by atoms with van der Waals surface area (Å²) in [7, 11) is 0. The molecule has 7 rings (SSSR count). The van der Waals surface area contributed by atoms with E-state index in [2.05, 4.69) is 26.6 Å². The largest absolute Gasteiger partial charge is 0.464 e. The lowest BCUT2D eigenvalue weighted by atomic mass is 9.73. The van der Waals surface area contributed by atoms with Crippen LogP contribution in [0, 0.1) is 5.41 Å². The van der Waals surface area contributed by atoms with Crippen molar-refractivity contribution in [2.24, 2.45) is 5.41 Å². The molecule has 236 valence electrons. The number of aromatic nitrogens is 2. The van der Waals surface area contributed by atoms with Gasteiger partial charge in [0.25, 0.3) is 5.91 Å². The number of hydrogen-bond acceptors (Lipinski definition) is 7. The molecular formula is C34H38ClN5O5. The summed E-state index contributed by atoms with van der Waals surface area (Å²) in [6, 6.07) is 11.1. The van der Waals surface area contributed by atoms with Crippen LogP contribution in [-0.4, -0.2) is 75.7 Å². The fourth-order valence-corrected chi connectivity index (χ4v) is 7.41. The van der Waals surface area contributed by atoms with Gasteiger partial charge in [-0.1, -0.05) is 23.7 Å². The molecule has 5 heterocycles. The van der Waals surface area contributed by atoms with Gasteiger partial charge in [-0.15, -0.1) is 0 Å². The predicted octanol–water partition coefficient (Wildman–Crippen LogP) is 5.47. The second kappa shape index (κ2) is 10.8. The fourth-order valence-electron chi connectivity index (χ4n) is 7.13. The maximum Gasteiger partial charge on any atom is 0.410 e. The van der Waals surface area contributed by atoms with Gasteiger partial charge in [0.2, 0.25) is 0 Å². The minimum atomic E-state index is -0.926. The normalized spacial score (nSPS) is 18.8. The third-order valence-electron chi connectivity index (χ3n) is 9.21. The number of hydrogen-bond donors (Lipinski definition) is 0. The van der Waals surface area contributed by atoms with Crippen molar-refractivity contribution < 1.29 is 23.9 Å². The third-order valence-corrected chi connectivity index (χ3v) is 9.55. The molecule has 0 bridgehead atoms. The molecule has 2 fully saturated rings. The van der Waals surface area contributed by atoms with Crippen LogP contribution < -0.4 is 4.90 Å². The summed E-state index contributed by atoms with van der Waals surface area (Å²) >= 11 is 6.80. The molecule has 10 nitrogen and oxygen atoms in total. The Hall–Kier alpha value is -4.05. The average molecular weight is 632 g/mol. The van der Waals surface area contributed by atoms with E-state index in [-0.39, 0.29) is 30.6 Å². The summed E-state index contributed by atoms with van der Waals surface area (Å²) in [5.41, 5.74) is 5.30. The molecule has 1 spiro atoms. The Kier molecular flexibility index (Phi) is 7.11. The van der Waals surface area contributed by atoms with E-state index in [1.54, 1.807) is 23.1 Å². The van der Waals surface area contributed by atoms with Crippen LogP contribution in [0.1, 0.15) is 67.5 Å². The zero-order chi connectivity index (χ0) is 31.7. The lowest BCUT2D eigenvalue weighted by molar-refractivity contribution is -0.149. The maximum absolute atomic E-state index is 13.9. The number of imidazole rings is 1. The molecule has 0 aliphatic carbocycles. The third kappa shape index (κ3) is 5.22. The van der Waals surface area contributed by atoms with E-state index in [9.17, 15) is 14.4 Å². The highest BCUT2D eigenvalue weighted by Gasteiger charge is 2.54. The number of rotatable bonds is 6. The number of carbonyl (C=O) groups is 3. The van der Waals surface area contributed by atoms with Crippen LogP contribution >= 0.6 is 11.6 Å². The van der Waals surface area contributed by atoms with Crippen molar-refractivity contribution in [1.29, 1.82) is 0 Å². The molecule has 0 saturated carbocycles. The number of likely N-dealkylation sites (tertiary alicyclic amines) is 1. The van der Waals surface area contributed by atoms with Gasteiger partial charge < -0.3 is 28.7 Å². The number of halogens is 1. The first-order valence-electron chi connectivity index (χ1n) is 15.6. The van der Waals surface area contributed by atoms with Crippen molar-refractivity contribution in [2.75, 3.05) is 37.7 Å². The smallest absolute Gasteiger partial charge is 0.410 e. The number of nitrogens with zero attached hydrogens (tertiary/aromatic N) is 5. The van der Waals surface area contributed by atoms with Crippen LogP contribution in [-0.2, 0) is 33.8 Å². The van der Waals surface area contributed by atoms with Crippen LogP contribution in [0.2, 0.25) is 5.02 Å². The van der Waals surface area contributed by atoms with E-state index in [1.165, 1.54) is 0 Å². The first-order valence-corrected chi connectivity index (χ1v) is 16.0. The zero-order valence-electron chi connectivity index (χ0n) is 26.1. The molecule has 2 saturated heterocycles. The van der Waals surface area contributed by atoms with Gasteiger partial charge in [0.15, 0.2) is 6.04 Å². The Balaban J connectivity index is 1.05. The van der Waals surface area contributed by atoms with Crippen LogP contribution in [0.4, 0.5) is 10.5 Å². The molecule has 11 heteroatoms. The second-order valence-electron chi connectivity index (χ2n) is 13.7. The molecule has 45 heavy (non-hydrogen) atoms. The number of ether oxygens (including phenoxy) is 2. The highest BCUT2D eigenvalue weighted by molar-refractivity contribution is 6.32. The second-order valence-corrected chi connectivity index (χ2v) is 14.1. The van der Waals surface area contributed by atoms with Crippen LogP contribution in [0.3, 0.4) is 0 Å². The number of amides is 2. The van der Waals surface area contributed by atoms with E-state index in [0.29, 0.717) is 21.8 Å². The molecule has 1 unspecified atom stereocenters. The highest BCUT2D eigenvalue weighted by Crippen LogP contribution is 2.43. The predicted molar refractivity (Wildman–Crippen MR) is 169 cm³/mol. The van der Waals surface area contributed by atoms with E-state index in [0.717, 1.165) is 68.1 Å². The summed E-state index contributed by atoms with van der Waals surface area (Å²) in [5.74, 6) is -0.735. The molecule has 0 N–H and O–H groups in total. The number of anilines is 1. The van der Waals surface area contributed by atoms with Crippen molar-refractivity contribution in [3.8, 4) is 11.1 Å². The summed E-state index contributed by atoms with van der Waals surface area (Å²) in [6.45, 7) is 11.9. The Morgan fingerprint density at radius 1 is 1.07 bits per heavy atom. The average Bonchev–Trinajstić information content (AvgIpc) is 3.64. The van der Waals surface area contributed by atoms with Gasteiger partial charge in [-0.25, -0.2) is 14.6 Å². The molecule has 2 amide bonds. The number of carbonyl (C=O) groups excluding carboxylic acids is 3. The zero-order valence-corrected chi connectivity index (χ0v) is 26.9. The van der Waals surface area contributed by atoms with Crippen molar-refractivity contribution >= 4 is 35.3 Å². The quantitative estimate of drug-likeness (QED) is 0.333.